The molecule has 106 valence electrons. The molecule has 1 atom stereocenters. The summed E-state index contributed by atoms with van der Waals surface area (Å²) < 4.78 is 26.6. The van der Waals surface area contributed by atoms with Gasteiger partial charge in [-0.3, -0.25) is 0 Å². The molecule has 1 aromatic carbocycles. The quantitative estimate of drug-likeness (QED) is 0.748. The van der Waals surface area contributed by atoms with Gasteiger partial charge in [-0.05, 0) is 17.9 Å². The first-order chi connectivity index (χ1) is 8.82. The van der Waals surface area contributed by atoms with Crippen LogP contribution in [0.1, 0.15) is 19.4 Å². The molecule has 0 aliphatic rings. The highest BCUT2D eigenvalue weighted by atomic mass is 32.2. The van der Waals surface area contributed by atoms with Crippen LogP contribution in [0.25, 0.3) is 0 Å². The number of thiocarbonyl (C=S) groups is 1. The minimum absolute atomic E-state index is 0.0306. The predicted molar refractivity (Wildman–Crippen MR) is 82.5 cm³/mol. The fourth-order valence-corrected chi connectivity index (χ4v) is 3.49. The van der Waals surface area contributed by atoms with E-state index in [2.05, 4.69) is 4.72 Å². The molecule has 0 aliphatic carbocycles. The lowest BCUT2D eigenvalue weighted by Gasteiger charge is -2.20. The molecule has 0 spiro atoms. The number of hydrogen-bond acceptors (Lipinski definition) is 3. The number of hydrogen-bond donors (Lipinski definition) is 2. The van der Waals surface area contributed by atoms with Crippen molar-refractivity contribution in [1.29, 1.82) is 0 Å². The maximum absolute atomic E-state index is 12.0. The zero-order chi connectivity index (χ0) is 14.5. The largest absolute Gasteiger partial charge is 0.392 e. The molecule has 4 nitrogen and oxygen atoms in total. The van der Waals surface area contributed by atoms with E-state index in [-0.39, 0.29) is 16.7 Å². The van der Waals surface area contributed by atoms with Crippen molar-refractivity contribution in [2.45, 2.75) is 26.3 Å². The van der Waals surface area contributed by atoms with E-state index >= 15 is 0 Å². The summed E-state index contributed by atoms with van der Waals surface area (Å²) in [6.07, 6.45) is 0.471. The molecule has 1 rings (SSSR count). The van der Waals surface area contributed by atoms with Gasteiger partial charge < -0.3 is 5.73 Å². The van der Waals surface area contributed by atoms with Crippen LogP contribution in [-0.4, -0.2) is 25.2 Å². The minimum atomic E-state index is -3.39. The molecule has 0 aromatic heterocycles. The third-order valence-corrected chi connectivity index (χ3v) is 4.39. The van der Waals surface area contributed by atoms with Crippen molar-refractivity contribution in [2.24, 2.45) is 11.7 Å². The molecule has 1 aromatic rings. The summed E-state index contributed by atoms with van der Waals surface area (Å²) >= 11 is 4.89. The summed E-state index contributed by atoms with van der Waals surface area (Å²) in [5, 5.41) is 0. The molecule has 0 saturated heterocycles. The Morgan fingerprint density at radius 2 is 1.89 bits per heavy atom. The zero-order valence-corrected chi connectivity index (χ0v) is 12.8. The van der Waals surface area contributed by atoms with Crippen molar-refractivity contribution in [1.82, 2.24) is 4.72 Å². The molecule has 0 amide bonds. The number of rotatable bonds is 7. The van der Waals surface area contributed by atoms with E-state index in [1.807, 2.05) is 44.2 Å². The highest BCUT2D eigenvalue weighted by Gasteiger charge is 2.22. The highest BCUT2D eigenvalue weighted by Crippen LogP contribution is 2.06. The van der Waals surface area contributed by atoms with Gasteiger partial charge in [0.25, 0.3) is 0 Å². The van der Waals surface area contributed by atoms with Crippen LogP contribution in [0.4, 0.5) is 0 Å². The van der Waals surface area contributed by atoms with Gasteiger partial charge >= 0.3 is 0 Å². The molecule has 0 radical (unpaired) electrons. The first kappa shape index (κ1) is 16.1. The second-order valence-electron chi connectivity index (χ2n) is 4.80. The third kappa shape index (κ3) is 5.67. The Balaban J connectivity index is 2.64. The van der Waals surface area contributed by atoms with Crippen molar-refractivity contribution in [3.63, 3.8) is 0 Å². The Bertz CT molecular complexity index is 513. The number of aryl methyl sites for hydroxylation is 1. The van der Waals surface area contributed by atoms with Crippen molar-refractivity contribution in [3.8, 4) is 0 Å². The molecule has 0 saturated carbocycles. The maximum Gasteiger partial charge on any atom is 0.212 e. The Hall–Kier alpha value is -0.980. The predicted octanol–water partition coefficient (Wildman–Crippen LogP) is 1.46. The standard InChI is InChI=1S/C13H20N2O2S2/c1-10(2)12(13(14)18)15-19(16,17)9-8-11-6-4-3-5-7-11/h3-7,10,12,15H,8-9H2,1-2H3,(H2,14,18). The normalized spacial score (nSPS) is 13.4. The van der Waals surface area contributed by atoms with Crippen LogP contribution in [0.15, 0.2) is 30.3 Å². The van der Waals surface area contributed by atoms with E-state index in [1.54, 1.807) is 0 Å². The fourth-order valence-electron chi connectivity index (χ4n) is 1.67. The van der Waals surface area contributed by atoms with Crippen molar-refractivity contribution < 1.29 is 8.42 Å². The van der Waals surface area contributed by atoms with Crippen LogP contribution in [0, 0.1) is 5.92 Å². The smallest absolute Gasteiger partial charge is 0.212 e. The lowest BCUT2D eigenvalue weighted by molar-refractivity contribution is 0.526. The SMILES string of the molecule is CC(C)C(NS(=O)(=O)CCc1ccccc1)C(N)=S. The van der Waals surface area contributed by atoms with Crippen molar-refractivity contribution in [2.75, 3.05) is 5.75 Å². The van der Waals surface area contributed by atoms with E-state index < -0.39 is 16.1 Å². The lowest BCUT2D eigenvalue weighted by atomic mass is 10.1. The number of benzene rings is 1. The van der Waals surface area contributed by atoms with Crippen LogP contribution in [0.2, 0.25) is 0 Å². The van der Waals surface area contributed by atoms with Gasteiger partial charge in [0, 0.05) is 0 Å². The number of nitrogens with one attached hydrogen (secondary N) is 1. The summed E-state index contributed by atoms with van der Waals surface area (Å²) in [5.74, 6) is 0.0621. The van der Waals surface area contributed by atoms with Gasteiger partial charge in [-0.25, -0.2) is 13.1 Å². The Labute approximate surface area is 120 Å². The average molecular weight is 300 g/mol. The van der Waals surface area contributed by atoms with E-state index in [1.165, 1.54) is 0 Å². The van der Waals surface area contributed by atoms with E-state index in [4.69, 9.17) is 18.0 Å². The van der Waals surface area contributed by atoms with Crippen LogP contribution in [-0.2, 0) is 16.4 Å². The molecular weight excluding hydrogens is 280 g/mol. The second kappa shape index (κ2) is 6.98. The fraction of sp³-hybridized carbons (Fsp3) is 0.462. The summed E-state index contributed by atoms with van der Waals surface area (Å²) in [7, 11) is -3.39. The topological polar surface area (TPSA) is 72.2 Å². The van der Waals surface area contributed by atoms with Crippen LogP contribution in [0.3, 0.4) is 0 Å². The van der Waals surface area contributed by atoms with Gasteiger partial charge in [0.2, 0.25) is 10.0 Å². The second-order valence-corrected chi connectivity index (χ2v) is 7.14. The summed E-state index contributed by atoms with van der Waals surface area (Å²) in [6, 6.07) is 9.00. The van der Waals surface area contributed by atoms with Gasteiger partial charge in [0.15, 0.2) is 0 Å². The molecule has 0 aliphatic heterocycles. The van der Waals surface area contributed by atoms with Crippen molar-refractivity contribution >= 4 is 27.2 Å². The van der Waals surface area contributed by atoms with Gasteiger partial charge in [-0.1, -0.05) is 56.4 Å². The van der Waals surface area contributed by atoms with Gasteiger partial charge in [0.1, 0.15) is 0 Å². The molecule has 0 heterocycles. The van der Waals surface area contributed by atoms with Gasteiger partial charge in [-0.15, -0.1) is 0 Å². The van der Waals surface area contributed by atoms with Crippen LogP contribution >= 0.6 is 12.2 Å². The molecule has 19 heavy (non-hydrogen) atoms. The number of nitrogens with two attached hydrogens (primary N) is 1. The number of sulfonamides is 1. The van der Waals surface area contributed by atoms with E-state index in [0.717, 1.165) is 5.56 Å². The first-order valence-electron chi connectivity index (χ1n) is 6.15. The zero-order valence-electron chi connectivity index (χ0n) is 11.2. The van der Waals surface area contributed by atoms with Crippen LogP contribution < -0.4 is 10.5 Å². The van der Waals surface area contributed by atoms with E-state index in [0.29, 0.717) is 6.42 Å². The van der Waals surface area contributed by atoms with Crippen LogP contribution in [0.5, 0.6) is 0 Å². The summed E-state index contributed by atoms with van der Waals surface area (Å²) in [5.41, 5.74) is 6.55. The van der Waals surface area contributed by atoms with Crippen molar-refractivity contribution in [3.05, 3.63) is 35.9 Å². The highest BCUT2D eigenvalue weighted by molar-refractivity contribution is 7.89. The average Bonchev–Trinajstić information content (AvgIpc) is 2.34. The molecule has 6 heteroatoms. The third-order valence-electron chi connectivity index (χ3n) is 2.78. The van der Waals surface area contributed by atoms with Gasteiger partial charge in [0.05, 0.1) is 16.8 Å². The Morgan fingerprint density at radius 1 is 1.32 bits per heavy atom. The molecule has 0 bridgehead atoms. The maximum atomic E-state index is 12.0. The first-order valence-corrected chi connectivity index (χ1v) is 8.21. The Morgan fingerprint density at radius 3 is 2.37 bits per heavy atom. The van der Waals surface area contributed by atoms with E-state index in [9.17, 15) is 8.42 Å². The lowest BCUT2D eigenvalue weighted by Crippen LogP contribution is -2.47. The molecule has 3 N–H and O–H groups in total. The Kier molecular flexibility index (Phi) is 5.90. The minimum Gasteiger partial charge on any atom is -0.392 e. The summed E-state index contributed by atoms with van der Waals surface area (Å²) in [6.45, 7) is 3.76. The molecular formula is C13H20N2O2S2. The summed E-state index contributed by atoms with van der Waals surface area (Å²) in [4.78, 5) is 0.179. The van der Waals surface area contributed by atoms with Gasteiger partial charge in [-0.2, -0.15) is 0 Å². The molecule has 0 fully saturated rings. The monoisotopic (exact) mass is 300 g/mol. The molecule has 1 unspecified atom stereocenters.